The van der Waals surface area contributed by atoms with E-state index in [1.807, 2.05) is 0 Å². The van der Waals surface area contributed by atoms with Crippen molar-refractivity contribution in [2.75, 3.05) is 13.1 Å². The average molecular weight is 307 g/mol. The molecule has 0 radical (unpaired) electrons. The Balaban J connectivity index is 2.17. The van der Waals surface area contributed by atoms with Gasteiger partial charge < -0.3 is 10.1 Å². The molecule has 19 heavy (non-hydrogen) atoms. The molecule has 1 aliphatic heterocycles. The zero-order chi connectivity index (χ0) is 14.4. The van der Waals surface area contributed by atoms with Gasteiger partial charge in [-0.15, -0.1) is 0 Å². The quantitative estimate of drug-likeness (QED) is 0.850. The molecule has 1 fully saturated rings. The molecular formula is C10H11F6NOS. The summed E-state index contributed by atoms with van der Waals surface area (Å²) in [6, 6.07) is 0.677. The lowest BCUT2D eigenvalue weighted by Gasteiger charge is -2.40. The molecule has 2 nitrogen and oxygen atoms in total. The van der Waals surface area contributed by atoms with Crippen molar-refractivity contribution in [1.29, 1.82) is 0 Å². The Labute approximate surface area is 105 Å². The molecule has 0 spiro atoms. The summed E-state index contributed by atoms with van der Waals surface area (Å²) in [7, 11) is -9.82. The Morgan fingerprint density at radius 2 is 1.79 bits per heavy atom. The predicted octanol–water partition coefficient (Wildman–Crippen LogP) is 3.97. The van der Waals surface area contributed by atoms with Gasteiger partial charge >= 0.3 is 10.2 Å². The van der Waals surface area contributed by atoms with Gasteiger partial charge in [0.15, 0.2) is 0 Å². The molecule has 110 valence electrons. The summed E-state index contributed by atoms with van der Waals surface area (Å²) in [6.07, 6.45) is -0.130. The molecule has 0 amide bonds. The molecule has 0 aliphatic carbocycles. The van der Waals surface area contributed by atoms with Crippen molar-refractivity contribution in [3.05, 3.63) is 29.6 Å². The van der Waals surface area contributed by atoms with E-state index in [-0.39, 0.29) is 30.4 Å². The van der Waals surface area contributed by atoms with Crippen LogP contribution in [-0.4, -0.2) is 19.2 Å². The van der Waals surface area contributed by atoms with Crippen LogP contribution in [0.15, 0.2) is 23.1 Å². The molecule has 9 heteroatoms. The third-order valence-corrected chi connectivity index (χ3v) is 3.83. The van der Waals surface area contributed by atoms with E-state index in [1.165, 1.54) is 0 Å². The topological polar surface area (TPSA) is 21.3 Å². The number of halogens is 6. The van der Waals surface area contributed by atoms with E-state index in [4.69, 9.17) is 4.74 Å². The van der Waals surface area contributed by atoms with Crippen LogP contribution >= 0.6 is 10.2 Å². The normalized spacial score (nSPS) is 20.5. The van der Waals surface area contributed by atoms with E-state index in [0.717, 1.165) is 0 Å². The summed E-state index contributed by atoms with van der Waals surface area (Å²) in [4.78, 5) is -2.23. The van der Waals surface area contributed by atoms with Crippen molar-refractivity contribution in [3.63, 3.8) is 0 Å². The number of rotatable bonds is 4. The Kier molecular flexibility index (Phi) is 2.89. The van der Waals surface area contributed by atoms with E-state index in [2.05, 4.69) is 5.32 Å². The molecular weight excluding hydrogens is 296 g/mol. The molecule has 1 N–H and O–H groups in total. The maximum Gasteiger partial charge on any atom is 0.310 e. The first-order valence-corrected chi connectivity index (χ1v) is 7.26. The maximum absolute atomic E-state index is 13.4. The second-order valence-electron chi connectivity index (χ2n) is 4.31. The van der Waals surface area contributed by atoms with Gasteiger partial charge in [-0.05, 0) is 12.1 Å². The van der Waals surface area contributed by atoms with Crippen molar-refractivity contribution in [1.82, 2.24) is 5.32 Å². The Morgan fingerprint density at radius 1 is 1.16 bits per heavy atom. The van der Waals surface area contributed by atoms with Crippen LogP contribution in [-0.2, 0) is 11.3 Å². The highest BCUT2D eigenvalue weighted by Crippen LogP contribution is 3.02. The lowest BCUT2D eigenvalue weighted by atomic mass is 10.2. The van der Waals surface area contributed by atoms with E-state index >= 15 is 0 Å². The van der Waals surface area contributed by atoms with Crippen molar-refractivity contribution in [2.24, 2.45) is 0 Å². The van der Waals surface area contributed by atoms with E-state index in [0.29, 0.717) is 19.2 Å². The van der Waals surface area contributed by atoms with Crippen LogP contribution in [0.5, 0.6) is 0 Å². The Morgan fingerprint density at radius 3 is 2.21 bits per heavy atom. The fourth-order valence-corrected chi connectivity index (χ4v) is 2.12. The van der Waals surface area contributed by atoms with Crippen LogP contribution < -0.4 is 5.32 Å². The highest BCUT2D eigenvalue weighted by Gasteiger charge is 2.65. The van der Waals surface area contributed by atoms with Gasteiger partial charge in [-0.1, -0.05) is 25.5 Å². The zero-order valence-electron chi connectivity index (χ0n) is 9.52. The largest absolute Gasteiger partial charge is 0.371 e. The van der Waals surface area contributed by atoms with Crippen LogP contribution in [0.25, 0.3) is 0 Å². The summed E-state index contributed by atoms with van der Waals surface area (Å²) < 4.78 is 80.7. The van der Waals surface area contributed by atoms with Gasteiger partial charge in [0, 0.05) is 18.7 Å². The molecule has 1 heterocycles. The third kappa shape index (κ3) is 3.54. The van der Waals surface area contributed by atoms with Crippen molar-refractivity contribution >= 4 is 10.2 Å². The molecule has 0 bridgehead atoms. The van der Waals surface area contributed by atoms with Gasteiger partial charge in [0.1, 0.15) is 10.7 Å². The molecule has 0 atom stereocenters. The number of benzene rings is 1. The fraction of sp³-hybridized carbons (Fsp3) is 0.400. The van der Waals surface area contributed by atoms with E-state index in [1.54, 1.807) is 0 Å². The minimum atomic E-state index is -9.82. The molecule has 2 rings (SSSR count). The SMILES string of the molecule is Fc1cc(S(F)(F)(F)(F)F)ccc1COC1CNC1. The number of hydrogen-bond acceptors (Lipinski definition) is 2. The van der Waals surface area contributed by atoms with Gasteiger partial charge in [0.05, 0.1) is 12.7 Å². The predicted molar refractivity (Wildman–Crippen MR) is 59.2 cm³/mol. The summed E-state index contributed by atoms with van der Waals surface area (Å²) >= 11 is 0. The minimum Gasteiger partial charge on any atom is -0.371 e. The van der Waals surface area contributed by atoms with Gasteiger partial charge in [-0.2, -0.15) is 0 Å². The summed E-state index contributed by atoms with van der Waals surface area (Å²) in [5.74, 6) is -1.35. The van der Waals surface area contributed by atoms with Gasteiger partial charge in [0.2, 0.25) is 0 Å². The molecule has 1 saturated heterocycles. The van der Waals surface area contributed by atoms with Crippen molar-refractivity contribution < 1.29 is 28.6 Å². The molecule has 0 aromatic heterocycles. The first-order chi connectivity index (χ1) is 8.45. The van der Waals surface area contributed by atoms with E-state index in [9.17, 15) is 23.8 Å². The van der Waals surface area contributed by atoms with E-state index < -0.39 is 20.9 Å². The number of hydrogen-bond donors (Lipinski definition) is 1. The van der Waals surface area contributed by atoms with Crippen LogP contribution in [0.3, 0.4) is 0 Å². The Hall–Kier alpha value is -0.930. The summed E-state index contributed by atoms with van der Waals surface area (Å²) in [5.41, 5.74) is -0.183. The zero-order valence-corrected chi connectivity index (χ0v) is 10.3. The number of nitrogens with one attached hydrogen (secondary N) is 1. The van der Waals surface area contributed by atoms with Crippen LogP contribution in [0, 0.1) is 5.82 Å². The van der Waals surface area contributed by atoms with Crippen LogP contribution in [0.1, 0.15) is 5.56 Å². The van der Waals surface area contributed by atoms with Gasteiger partial charge in [-0.3, -0.25) is 0 Å². The average Bonchev–Trinajstić information content (AvgIpc) is 2.14. The fourth-order valence-electron chi connectivity index (χ4n) is 1.47. The molecule has 1 aromatic rings. The van der Waals surface area contributed by atoms with Gasteiger partial charge in [0.25, 0.3) is 0 Å². The molecule has 0 unspecified atom stereocenters. The summed E-state index contributed by atoms with van der Waals surface area (Å²) in [6.45, 7) is 0.898. The lowest BCUT2D eigenvalue weighted by molar-refractivity contribution is 0.00634. The minimum absolute atomic E-state index is 0.130. The van der Waals surface area contributed by atoms with Crippen molar-refractivity contribution in [3.8, 4) is 0 Å². The first kappa shape index (κ1) is 14.5. The van der Waals surface area contributed by atoms with Crippen LogP contribution in [0.2, 0.25) is 0 Å². The lowest BCUT2D eigenvalue weighted by Crippen LogP contribution is -2.48. The monoisotopic (exact) mass is 307 g/mol. The molecule has 1 aliphatic rings. The highest BCUT2D eigenvalue weighted by atomic mass is 32.5. The van der Waals surface area contributed by atoms with Crippen molar-refractivity contribution in [2.45, 2.75) is 17.6 Å². The first-order valence-electron chi connectivity index (χ1n) is 5.30. The second kappa shape index (κ2) is 3.80. The maximum atomic E-state index is 13.4. The number of ether oxygens (including phenoxy) is 1. The molecule has 1 aromatic carbocycles. The second-order valence-corrected chi connectivity index (χ2v) is 6.72. The van der Waals surface area contributed by atoms with Crippen LogP contribution in [0.4, 0.5) is 23.8 Å². The smallest absolute Gasteiger partial charge is 0.310 e. The Bertz CT molecular complexity index is 498. The summed E-state index contributed by atoms with van der Waals surface area (Å²) in [5, 5.41) is 2.89. The standard InChI is InChI=1S/C10H11F6NOS/c11-10-3-9(19(12,13,14,15)16)2-1-7(10)6-18-8-4-17-5-8/h1-3,8,17H,4-6H2. The van der Waals surface area contributed by atoms with Gasteiger partial charge in [-0.25, -0.2) is 4.39 Å². The third-order valence-electron chi connectivity index (χ3n) is 2.69. The molecule has 0 saturated carbocycles. The highest BCUT2D eigenvalue weighted by molar-refractivity contribution is 8.45.